The van der Waals surface area contributed by atoms with Crippen LogP contribution < -0.4 is 5.32 Å². The molecular formula is C20H27N5O. The molecule has 138 valence electrons. The Labute approximate surface area is 154 Å². The van der Waals surface area contributed by atoms with Gasteiger partial charge in [-0.15, -0.1) is 0 Å². The highest BCUT2D eigenvalue weighted by atomic mass is 16.5. The van der Waals surface area contributed by atoms with E-state index < -0.39 is 0 Å². The summed E-state index contributed by atoms with van der Waals surface area (Å²) in [5, 5.41) is 8.01. The van der Waals surface area contributed by atoms with Gasteiger partial charge in [0.05, 0.1) is 23.3 Å². The summed E-state index contributed by atoms with van der Waals surface area (Å²) in [5.74, 6) is 1.58. The van der Waals surface area contributed by atoms with Crippen LogP contribution in [0.25, 0.3) is 11.0 Å². The molecule has 1 fully saturated rings. The van der Waals surface area contributed by atoms with E-state index in [4.69, 9.17) is 4.74 Å². The first-order valence-electron chi connectivity index (χ1n) is 9.53. The van der Waals surface area contributed by atoms with Crippen molar-refractivity contribution in [1.82, 2.24) is 24.6 Å². The molecule has 0 spiro atoms. The highest BCUT2D eigenvalue weighted by molar-refractivity contribution is 5.75. The second-order valence-corrected chi connectivity index (χ2v) is 6.97. The Morgan fingerprint density at radius 1 is 1.31 bits per heavy atom. The van der Waals surface area contributed by atoms with Crippen molar-refractivity contribution in [3.05, 3.63) is 48.0 Å². The van der Waals surface area contributed by atoms with E-state index in [0.717, 1.165) is 50.5 Å². The zero-order chi connectivity index (χ0) is 17.9. The summed E-state index contributed by atoms with van der Waals surface area (Å²) >= 11 is 0. The van der Waals surface area contributed by atoms with Crippen LogP contribution in [0.15, 0.2) is 36.7 Å². The maximum atomic E-state index is 5.98. The molecule has 0 saturated carbocycles. The maximum absolute atomic E-state index is 5.98. The summed E-state index contributed by atoms with van der Waals surface area (Å²) in [6, 6.07) is 8.33. The lowest BCUT2D eigenvalue weighted by molar-refractivity contribution is 0.0904. The van der Waals surface area contributed by atoms with E-state index in [0.29, 0.717) is 5.92 Å². The second kappa shape index (κ2) is 7.60. The van der Waals surface area contributed by atoms with Gasteiger partial charge in [0.15, 0.2) is 0 Å². The fourth-order valence-electron chi connectivity index (χ4n) is 3.87. The average molecular weight is 353 g/mol. The smallest absolute Gasteiger partial charge is 0.106 e. The molecule has 1 aliphatic rings. The van der Waals surface area contributed by atoms with Gasteiger partial charge in [-0.2, -0.15) is 5.10 Å². The third-order valence-electron chi connectivity index (χ3n) is 5.28. The van der Waals surface area contributed by atoms with Crippen LogP contribution in [0.2, 0.25) is 0 Å². The first kappa shape index (κ1) is 17.2. The predicted octanol–water partition coefficient (Wildman–Crippen LogP) is 2.93. The van der Waals surface area contributed by atoms with Gasteiger partial charge < -0.3 is 14.6 Å². The molecule has 0 bridgehead atoms. The number of ether oxygens (including phenoxy) is 1. The molecule has 1 N–H and O–H groups in total. The number of imidazole rings is 1. The van der Waals surface area contributed by atoms with Crippen LogP contribution in [0.5, 0.6) is 0 Å². The monoisotopic (exact) mass is 353 g/mol. The number of aryl methyl sites for hydroxylation is 2. The SMILES string of the molecule is CCn1cc([C@H]2OCC[C@@H]2CNCCn2c(C)nc3ccccc32)cn1. The van der Waals surface area contributed by atoms with Crippen molar-refractivity contribution in [2.45, 2.75) is 39.5 Å². The van der Waals surface area contributed by atoms with Gasteiger partial charge in [0.2, 0.25) is 0 Å². The van der Waals surface area contributed by atoms with Gasteiger partial charge in [-0.1, -0.05) is 12.1 Å². The number of benzene rings is 1. The minimum atomic E-state index is 0.165. The lowest BCUT2D eigenvalue weighted by atomic mass is 9.97. The quantitative estimate of drug-likeness (QED) is 0.664. The van der Waals surface area contributed by atoms with E-state index in [2.05, 4.69) is 58.2 Å². The summed E-state index contributed by atoms with van der Waals surface area (Å²) < 4.78 is 10.2. The molecular weight excluding hydrogens is 326 g/mol. The van der Waals surface area contributed by atoms with Crippen molar-refractivity contribution in [1.29, 1.82) is 0 Å². The second-order valence-electron chi connectivity index (χ2n) is 6.97. The van der Waals surface area contributed by atoms with Crippen molar-refractivity contribution in [2.24, 2.45) is 5.92 Å². The molecule has 1 aliphatic heterocycles. The molecule has 1 saturated heterocycles. The molecule has 0 radical (unpaired) electrons. The Balaban J connectivity index is 1.33. The van der Waals surface area contributed by atoms with Gasteiger partial charge in [0.25, 0.3) is 0 Å². The lowest BCUT2D eigenvalue weighted by Crippen LogP contribution is -2.28. The standard InChI is InChI=1S/C20H27N5O/c1-3-24-14-17(13-22-24)20-16(8-11-26-20)12-21-9-10-25-15(2)23-18-6-4-5-7-19(18)25/h4-7,13-14,16,20-21H,3,8-12H2,1-2H3/t16-,20+/m1/s1. The highest BCUT2D eigenvalue weighted by Crippen LogP contribution is 2.33. The van der Waals surface area contributed by atoms with Crippen molar-refractivity contribution in [3.63, 3.8) is 0 Å². The molecule has 6 nitrogen and oxygen atoms in total. The molecule has 3 aromatic rings. The Bertz CT molecular complexity index is 868. The van der Waals surface area contributed by atoms with Gasteiger partial charge in [-0.05, 0) is 32.4 Å². The van der Waals surface area contributed by atoms with E-state index in [-0.39, 0.29) is 6.10 Å². The van der Waals surface area contributed by atoms with Crippen LogP contribution in [0.1, 0.15) is 30.8 Å². The number of nitrogens with one attached hydrogen (secondary N) is 1. The fraction of sp³-hybridized carbons (Fsp3) is 0.500. The summed E-state index contributed by atoms with van der Waals surface area (Å²) in [4.78, 5) is 4.64. The number of hydrogen-bond donors (Lipinski definition) is 1. The predicted molar refractivity (Wildman–Crippen MR) is 102 cm³/mol. The summed E-state index contributed by atoms with van der Waals surface area (Å²) in [5.41, 5.74) is 3.48. The average Bonchev–Trinajstić information content (AvgIpc) is 3.37. The van der Waals surface area contributed by atoms with Crippen molar-refractivity contribution < 1.29 is 4.74 Å². The number of nitrogens with zero attached hydrogens (tertiary/aromatic N) is 4. The van der Waals surface area contributed by atoms with Gasteiger partial charge in [-0.3, -0.25) is 4.68 Å². The van der Waals surface area contributed by atoms with Crippen LogP contribution in [0.3, 0.4) is 0 Å². The molecule has 3 heterocycles. The minimum absolute atomic E-state index is 0.165. The van der Waals surface area contributed by atoms with Gasteiger partial charge >= 0.3 is 0 Å². The largest absolute Gasteiger partial charge is 0.373 e. The molecule has 26 heavy (non-hydrogen) atoms. The zero-order valence-corrected chi connectivity index (χ0v) is 15.6. The number of hydrogen-bond acceptors (Lipinski definition) is 4. The van der Waals surface area contributed by atoms with Crippen LogP contribution in [-0.4, -0.2) is 39.0 Å². The summed E-state index contributed by atoms with van der Waals surface area (Å²) in [7, 11) is 0. The lowest BCUT2D eigenvalue weighted by Gasteiger charge is -2.18. The minimum Gasteiger partial charge on any atom is -0.373 e. The van der Waals surface area contributed by atoms with Crippen LogP contribution >= 0.6 is 0 Å². The molecule has 0 amide bonds. The van der Waals surface area contributed by atoms with Crippen molar-refractivity contribution >= 4 is 11.0 Å². The molecule has 2 atom stereocenters. The van der Waals surface area contributed by atoms with Crippen LogP contribution in [0.4, 0.5) is 0 Å². The molecule has 0 unspecified atom stereocenters. The van der Waals surface area contributed by atoms with Gasteiger partial charge in [0, 0.05) is 50.5 Å². The Morgan fingerprint density at radius 3 is 3.04 bits per heavy atom. The number of rotatable bonds is 7. The number of aromatic nitrogens is 4. The molecule has 0 aliphatic carbocycles. The maximum Gasteiger partial charge on any atom is 0.106 e. The highest BCUT2D eigenvalue weighted by Gasteiger charge is 2.30. The Kier molecular flexibility index (Phi) is 5.04. The van der Waals surface area contributed by atoms with Crippen LogP contribution in [-0.2, 0) is 17.8 Å². The van der Waals surface area contributed by atoms with Gasteiger partial charge in [0.1, 0.15) is 5.82 Å². The van der Waals surface area contributed by atoms with Gasteiger partial charge in [-0.25, -0.2) is 4.98 Å². The summed E-state index contributed by atoms with van der Waals surface area (Å²) in [6.07, 6.45) is 5.33. The molecule has 4 rings (SSSR count). The molecule has 6 heteroatoms. The Hall–Kier alpha value is -2.18. The van der Waals surface area contributed by atoms with E-state index in [9.17, 15) is 0 Å². The third kappa shape index (κ3) is 3.39. The molecule has 1 aromatic carbocycles. The van der Waals surface area contributed by atoms with Crippen molar-refractivity contribution in [3.8, 4) is 0 Å². The summed E-state index contributed by atoms with van der Waals surface area (Å²) in [6.45, 7) is 8.73. The number of fused-ring (bicyclic) bond motifs is 1. The fourth-order valence-corrected chi connectivity index (χ4v) is 3.87. The third-order valence-corrected chi connectivity index (χ3v) is 5.28. The number of para-hydroxylation sites is 2. The first-order chi connectivity index (χ1) is 12.8. The van der Waals surface area contributed by atoms with E-state index in [1.807, 2.05) is 16.9 Å². The van der Waals surface area contributed by atoms with Crippen LogP contribution in [0, 0.1) is 12.8 Å². The van der Waals surface area contributed by atoms with E-state index in [1.165, 1.54) is 11.1 Å². The topological polar surface area (TPSA) is 56.9 Å². The van der Waals surface area contributed by atoms with Crippen molar-refractivity contribution in [2.75, 3.05) is 19.7 Å². The zero-order valence-electron chi connectivity index (χ0n) is 15.6. The van der Waals surface area contributed by atoms with E-state index in [1.54, 1.807) is 0 Å². The van der Waals surface area contributed by atoms with E-state index >= 15 is 0 Å². The molecule has 2 aromatic heterocycles. The Morgan fingerprint density at radius 2 is 2.19 bits per heavy atom. The first-order valence-corrected chi connectivity index (χ1v) is 9.53. The normalized spacial score (nSPS) is 20.2.